The van der Waals surface area contributed by atoms with Gasteiger partial charge in [0.1, 0.15) is 5.69 Å². The van der Waals surface area contributed by atoms with Crippen LogP contribution in [0.15, 0.2) is 36.4 Å². The average Bonchev–Trinajstić information content (AvgIpc) is 2.47. The Morgan fingerprint density at radius 2 is 1.59 bits per heavy atom. The van der Waals surface area contributed by atoms with Gasteiger partial charge in [0, 0.05) is 0 Å². The summed E-state index contributed by atoms with van der Waals surface area (Å²) in [7, 11) is 0.471. The van der Waals surface area contributed by atoms with Gasteiger partial charge in [-0.25, -0.2) is 0 Å². The van der Waals surface area contributed by atoms with Gasteiger partial charge in [0.05, 0.1) is 32.7 Å². The van der Waals surface area contributed by atoms with E-state index in [4.69, 9.17) is 13.6 Å². The van der Waals surface area contributed by atoms with E-state index in [9.17, 15) is 4.89 Å². The summed E-state index contributed by atoms with van der Waals surface area (Å²) in [6, 6.07) is 11.7. The van der Waals surface area contributed by atoms with Gasteiger partial charge in [0.15, 0.2) is 5.75 Å². The fraction of sp³-hybridized carbons (Fsp3) is 0.375. The van der Waals surface area contributed by atoms with Crippen LogP contribution in [-0.4, -0.2) is 27.3 Å². The lowest BCUT2D eigenvalue weighted by Crippen LogP contribution is -3.00. The molecule has 5 nitrogen and oxygen atoms in total. The van der Waals surface area contributed by atoms with Gasteiger partial charge in [-0.2, -0.15) is 9.05 Å². The van der Waals surface area contributed by atoms with Crippen molar-refractivity contribution in [3.8, 4) is 5.75 Å². The molecule has 0 aliphatic heterocycles. The molecule has 0 aromatic heterocycles. The van der Waals surface area contributed by atoms with Crippen molar-refractivity contribution in [3.05, 3.63) is 36.4 Å². The molecule has 2 aromatic rings. The van der Waals surface area contributed by atoms with Crippen LogP contribution in [-0.2, 0) is 9.05 Å². The minimum absolute atomic E-state index is 0.258. The maximum Gasteiger partial charge on any atom is 0.429 e. The number of phosphoric acid groups is 1. The lowest BCUT2D eigenvalue weighted by Gasteiger charge is -2.25. The van der Waals surface area contributed by atoms with Gasteiger partial charge < -0.3 is 9.79 Å². The SMILES string of the molecule is CCO[P+]([O-])(OCC)Oc1cccc2cccc([NH+](C)C)c12. The molecule has 0 spiro atoms. The molecule has 0 fully saturated rings. The van der Waals surface area contributed by atoms with Gasteiger partial charge in [-0.15, -0.1) is 0 Å². The summed E-state index contributed by atoms with van der Waals surface area (Å²) in [6.07, 6.45) is 0. The van der Waals surface area contributed by atoms with Crippen molar-refractivity contribution in [3.63, 3.8) is 0 Å². The van der Waals surface area contributed by atoms with Gasteiger partial charge in [-0.3, -0.25) is 4.52 Å². The van der Waals surface area contributed by atoms with Crippen molar-refractivity contribution in [2.75, 3.05) is 27.3 Å². The predicted molar refractivity (Wildman–Crippen MR) is 87.2 cm³/mol. The number of fused-ring (bicyclic) bond motifs is 1. The molecule has 6 heteroatoms. The predicted octanol–water partition coefficient (Wildman–Crippen LogP) is 2.11. The number of hydrogen-bond donors (Lipinski definition) is 1. The Labute approximate surface area is 132 Å². The third kappa shape index (κ3) is 3.75. The third-order valence-electron chi connectivity index (χ3n) is 3.19. The summed E-state index contributed by atoms with van der Waals surface area (Å²) in [5.41, 5.74) is 1.06. The third-order valence-corrected chi connectivity index (χ3v) is 4.76. The van der Waals surface area contributed by atoms with Crippen LogP contribution in [0.1, 0.15) is 13.8 Å². The van der Waals surface area contributed by atoms with Crippen molar-refractivity contribution in [1.82, 2.24) is 0 Å². The number of hydrogen-bond acceptors (Lipinski definition) is 4. The van der Waals surface area contributed by atoms with Crippen LogP contribution in [0.3, 0.4) is 0 Å². The molecule has 2 aromatic carbocycles. The zero-order valence-corrected chi connectivity index (χ0v) is 14.4. The molecule has 0 unspecified atom stereocenters. The highest BCUT2D eigenvalue weighted by Crippen LogP contribution is 2.54. The van der Waals surface area contributed by atoms with E-state index in [0.717, 1.165) is 21.4 Å². The first kappa shape index (κ1) is 17.1. The van der Waals surface area contributed by atoms with Crippen LogP contribution in [0, 0.1) is 0 Å². The van der Waals surface area contributed by atoms with E-state index >= 15 is 0 Å². The van der Waals surface area contributed by atoms with Crippen molar-refractivity contribution < 1.29 is 23.4 Å². The van der Waals surface area contributed by atoms with E-state index in [2.05, 4.69) is 0 Å². The normalized spacial score (nSPS) is 12.1. The van der Waals surface area contributed by atoms with Crippen molar-refractivity contribution >= 4 is 24.6 Å². The second-order valence-corrected chi connectivity index (χ2v) is 6.63. The minimum atomic E-state index is -3.60. The summed E-state index contributed by atoms with van der Waals surface area (Å²) in [6.45, 7) is 4.03. The van der Waals surface area contributed by atoms with Crippen LogP contribution in [0.25, 0.3) is 10.8 Å². The molecule has 22 heavy (non-hydrogen) atoms. The van der Waals surface area contributed by atoms with E-state index in [1.54, 1.807) is 19.9 Å². The summed E-state index contributed by atoms with van der Waals surface area (Å²) in [5, 5.41) is 1.94. The van der Waals surface area contributed by atoms with E-state index < -0.39 is 8.17 Å². The van der Waals surface area contributed by atoms with E-state index in [-0.39, 0.29) is 13.2 Å². The smallest absolute Gasteiger partial charge is 0.429 e. The molecule has 0 amide bonds. The van der Waals surface area contributed by atoms with Crippen molar-refractivity contribution in [1.29, 1.82) is 0 Å². The Bertz CT molecular complexity index is 621. The fourth-order valence-corrected chi connectivity index (χ4v) is 3.53. The molecule has 0 saturated heterocycles. The average molecular weight is 324 g/mol. The van der Waals surface area contributed by atoms with Crippen LogP contribution in [0.4, 0.5) is 5.69 Å². The zero-order valence-electron chi connectivity index (χ0n) is 13.5. The van der Waals surface area contributed by atoms with Crippen LogP contribution in [0.5, 0.6) is 5.75 Å². The second-order valence-electron chi connectivity index (χ2n) is 5.03. The van der Waals surface area contributed by atoms with E-state index in [0.29, 0.717) is 5.75 Å². The van der Waals surface area contributed by atoms with Gasteiger partial charge in [-0.1, -0.05) is 24.3 Å². The lowest BCUT2D eigenvalue weighted by molar-refractivity contribution is -0.785. The Morgan fingerprint density at radius 1 is 1.00 bits per heavy atom. The highest BCUT2D eigenvalue weighted by molar-refractivity contribution is 7.54. The molecular formula is C16H23NO4P+. The first-order valence-electron chi connectivity index (χ1n) is 7.41. The van der Waals surface area contributed by atoms with Crippen LogP contribution < -0.4 is 14.3 Å². The van der Waals surface area contributed by atoms with Crippen LogP contribution >= 0.6 is 8.17 Å². The lowest BCUT2D eigenvalue weighted by atomic mass is 10.1. The van der Waals surface area contributed by atoms with Gasteiger partial charge in [-0.05, 0) is 31.4 Å². The molecule has 0 atom stereocenters. The molecule has 2 rings (SSSR count). The Balaban J connectivity index is 2.50. The van der Waals surface area contributed by atoms with E-state index in [1.165, 1.54) is 0 Å². The van der Waals surface area contributed by atoms with Gasteiger partial charge in [0.2, 0.25) is 0 Å². The standard InChI is InChI=1S/C16H22NO4P/c1-5-19-22(18,20-6-2)21-15-12-8-10-13-9-7-11-14(16(13)15)17(3)4/h7-12H,5-6H2,1-4H3/p+1. The summed E-state index contributed by atoms with van der Waals surface area (Å²) >= 11 is 0. The highest BCUT2D eigenvalue weighted by Gasteiger charge is 2.34. The maximum atomic E-state index is 12.6. The minimum Gasteiger partial charge on any atom is -0.598 e. The molecule has 0 aliphatic rings. The number of phosphoric ester groups is 1. The molecule has 0 bridgehead atoms. The Kier molecular flexibility index (Phi) is 5.73. The first-order valence-corrected chi connectivity index (χ1v) is 8.87. The molecule has 0 heterocycles. The maximum absolute atomic E-state index is 12.6. The topological polar surface area (TPSA) is 55.2 Å². The number of nitrogens with one attached hydrogen (secondary N) is 1. The molecule has 0 aliphatic carbocycles. The molecular weight excluding hydrogens is 301 g/mol. The first-order chi connectivity index (χ1) is 10.5. The quantitative estimate of drug-likeness (QED) is 0.793. The summed E-state index contributed by atoms with van der Waals surface area (Å²) in [4.78, 5) is 13.8. The van der Waals surface area contributed by atoms with Crippen LogP contribution in [0.2, 0.25) is 0 Å². The fourth-order valence-electron chi connectivity index (χ4n) is 2.33. The molecule has 120 valence electrons. The van der Waals surface area contributed by atoms with Crippen molar-refractivity contribution in [2.45, 2.75) is 13.8 Å². The number of quaternary nitrogens is 1. The van der Waals surface area contributed by atoms with E-state index in [1.807, 2.05) is 44.4 Å². The Hall–Kier alpha value is -1.23. The Morgan fingerprint density at radius 3 is 2.14 bits per heavy atom. The monoisotopic (exact) mass is 324 g/mol. The molecule has 0 radical (unpaired) electrons. The molecule has 0 saturated carbocycles. The number of benzene rings is 2. The summed E-state index contributed by atoms with van der Waals surface area (Å²) in [5.74, 6) is 0.513. The van der Waals surface area contributed by atoms with Gasteiger partial charge >= 0.3 is 8.17 Å². The largest absolute Gasteiger partial charge is 0.598 e. The van der Waals surface area contributed by atoms with Crippen molar-refractivity contribution in [2.24, 2.45) is 0 Å². The summed E-state index contributed by atoms with van der Waals surface area (Å²) < 4.78 is 16.1. The number of rotatable bonds is 7. The second kappa shape index (κ2) is 7.36. The highest BCUT2D eigenvalue weighted by atomic mass is 31.2. The zero-order chi connectivity index (χ0) is 16.2. The molecule has 1 N–H and O–H groups in total. The van der Waals surface area contributed by atoms with Gasteiger partial charge in [0.25, 0.3) is 0 Å².